The van der Waals surface area contributed by atoms with Crippen molar-refractivity contribution in [3.8, 4) is 11.4 Å². The summed E-state index contributed by atoms with van der Waals surface area (Å²) in [7, 11) is 0. The lowest BCUT2D eigenvalue weighted by molar-refractivity contribution is 0.410. The number of rotatable bonds is 6. The van der Waals surface area contributed by atoms with Gasteiger partial charge in [0.25, 0.3) is 0 Å². The Balaban J connectivity index is 2.27. The largest absolute Gasteiger partial charge is 0.505 e. The van der Waals surface area contributed by atoms with Crippen LogP contribution >= 0.6 is 11.6 Å². The molecule has 0 unspecified atom stereocenters. The molecule has 0 saturated carbocycles. The van der Waals surface area contributed by atoms with E-state index in [2.05, 4.69) is 57.8 Å². The summed E-state index contributed by atoms with van der Waals surface area (Å²) in [6, 6.07) is 9.62. The first-order valence-corrected chi connectivity index (χ1v) is 10.4. The Bertz CT molecular complexity index is 1000. The van der Waals surface area contributed by atoms with Crippen molar-refractivity contribution in [1.82, 2.24) is 15.0 Å². The summed E-state index contributed by atoms with van der Waals surface area (Å²) in [5.74, 6) is 0.250. The van der Waals surface area contributed by atoms with Gasteiger partial charge in [-0.05, 0) is 53.5 Å². The minimum absolute atomic E-state index is 0.0185. The van der Waals surface area contributed by atoms with Gasteiger partial charge in [-0.1, -0.05) is 65.6 Å². The first-order chi connectivity index (χ1) is 13.1. The molecule has 0 fully saturated rings. The molecule has 0 radical (unpaired) electrons. The molecule has 0 atom stereocenters. The molecule has 0 aliphatic carbocycles. The van der Waals surface area contributed by atoms with E-state index in [1.165, 1.54) is 10.4 Å². The number of halogens is 1. The van der Waals surface area contributed by atoms with Crippen LogP contribution < -0.4 is 0 Å². The Morgan fingerprint density at radius 3 is 2.29 bits per heavy atom. The van der Waals surface area contributed by atoms with Gasteiger partial charge in [0, 0.05) is 10.6 Å². The van der Waals surface area contributed by atoms with Crippen LogP contribution in [0, 0.1) is 0 Å². The van der Waals surface area contributed by atoms with Gasteiger partial charge >= 0.3 is 0 Å². The highest BCUT2D eigenvalue weighted by Gasteiger charge is 2.29. The molecule has 0 saturated heterocycles. The standard InChI is InChI=1S/C23H30ClN3O/c1-7-11-23(5,6)17-12-15(22(3,4)8-2)13-20(21(17)28)27-25-18-10-9-16(24)14-19(18)26-27/h9-10,12-14,28H,7-8,11H2,1-6H3. The van der Waals surface area contributed by atoms with Gasteiger partial charge in [-0.25, -0.2) is 0 Å². The molecule has 5 heteroatoms. The average Bonchev–Trinajstić information content (AvgIpc) is 3.04. The van der Waals surface area contributed by atoms with Crippen LogP contribution in [0.1, 0.15) is 71.9 Å². The first kappa shape index (κ1) is 20.7. The van der Waals surface area contributed by atoms with Crippen molar-refractivity contribution >= 4 is 22.6 Å². The van der Waals surface area contributed by atoms with Gasteiger partial charge < -0.3 is 5.11 Å². The lowest BCUT2D eigenvalue weighted by Crippen LogP contribution is -2.22. The fraction of sp³-hybridized carbons (Fsp3) is 0.478. The normalized spacial score (nSPS) is 12.7. The molecule has 0 aliphatic heterocycles. The zero-order valence-corrected chi connectivity index (χ0v) is 18.4. The number of hydrogen-bond acceptors (Lipinski definition) is 3. The minimum atomic E-state index is -0.150. The summed E-state index contributed by atoms with van der Waals surface area (Å²) in [4.78, 5) is 1.54. The van der Waals surface area contributed by atoms with E-state index in [1.807, 2.05) is 12.1 Å². The van der Waals surface area contributed by atoms with Crippen LogP contribution in [0.5, 0.6) is 5.75 Å². The van der Waals surface area contributed by atoms with E-state index < -0.39 is 0 Å². The second-order valence-electron chi connectivity index (χ2n) is 8.89. The van der Waals surface area contributed by atoms with E-state index in [4.69, 9.17) is 11.6 Å². The quantitative estimate of drug-likeness (QED) is 0.511. The third-order valence-corrected chi connectivity index (χ3v) is 6.15. The van der Waals surface area contributed by atoms with Crippen LogP contribution in [0.4, 0.5) is 0 Å². The van der Waals surface area contributed by atoms with Crippen LogP contribution in [0.25, 0.3) is 16.7 Å². The van der Waals surface area contributed by atoms with Gasteiger partial charge in [-0.3, -0.25) is 0 Å². The SMILES string of the molecule is CCCC(C)(C)c1cc(C(C)(C)CC)cc(-n2nc3ccc(Cl)cc3n2)c1O. The van der Waals surface area contributed by atoms with Crippen LogP contribution in [-0.4, -0.2) is 20.1 Å². The molecule has 3 aromatic rings. The average molecular weight is 400 g/mol. The van der Waals surface area contributed by atoms with Gasteiger partial charge in [0.2, 0.25) is 0 Å². The summed E-state index contributed by atoms with van der Waals surface area (Å²) in [6.07, 6.45) is 3.03. The van der Waals surface area contributed by atoms with Gasteiger partial charge in [0.15, 0.2) is 0 Å². The third-order valence-electron chi connectivity index (χ3n) is 5.92. The highest BCUT2D eigenvalue weighted by atomic mass is 35.5. The fourth-order valence-electron chi connectivity index (χ4n) is 3.64. The number of phenols is 1. The van der Waals surface area contributed by atoms with Crippen molar-refractivity contribution in [2.24, 2.45) is 0 Å². The molecule has 1 heterocycles. The van der Waals surface area contributed by atoms with E-state index in [0.29, 0.717) is 16.2 Å². The molecule has 4 nitrogen and oxygen atoms in total. The lowest BCUT2D eigenvalue weighted by atomic mass is 9.75. The van der Waals surface area contributed by atoms with E-state index in [0.717, 1.165) is 30.3 Å². The van der Waals surface area contributed by atoms with Gasteiger partial charge in [0.05, 0.1) is 0 Å². The molecule has 0 bridgehead atoms. The summed E-state index contributed by atoms with van der Waals surface area (Å²) in [5, 5.41) is 21.0. The van der Waals surface area contributed by atoms with E-state index >= 15 is 0 Å². The molecule has 0 amide bonds. The molecular weight excluding hydrogens is 370 g/mol. The van der Waals surface area contributed by atoms with E-state index in [-0.39, 0.29) is 16.6 Å². The fourth-order valence-corrected chi connectivity index (χ4v) is 3.80. The molecule has 28 heavy (non-hydrogen) atoms. The molecule has 150 valence electrons. The summed E-state index contributed by atoms with van der Waals surface area (Å²) >= 11 is 6.10. The topological polar surface area (TPSA) is 50.9 Å². The third kappa shape index (κ3) is 3.75. The maximum absolute atomic E-state index is 11.2. The monoisotopic (exact) mass is 399 g/mol. The van der Waals surface area contributed by atoms with Crippen LogP contribution in [0.3, 0.4) is 0 Å². The number of fused-ring (bicyclic) bond motifs is 1. The van der Waals surface area contributed by atoms with Crippen molar-refractivity contribution in [2.45, 2.75) is 71.6 Å². The maximum atomic E-state index is 11.2. The van der Waals surface area contributed by atoms with Crippen LogP contribution in [0.15, 0.2) is 30.3 Å². The molecule has 0 spiro atoms. The zero-order valence-electron chi connectivity index (χ0n) is 17.7. The Labute approximate surface area is 172 Å². The van der Waals surface area contributed by atoms with Crippen LogP contribution in [0.2, 0.25) is 5.02 Å². The smallest absolute Gasteiger partial charge is 0.146 e. The number of aromatic nitrogens is 3. The Kier molecular flexibility index (Phi) is 5.46. The zero-order chi connectivity index (χ0) is 20.7. The molecule has 3 rings (SSSR count). The van der Waals surface area contributed by atoms with E-state index in [9.17, 15) is 5.11 Å². The number of nitrogens with zero attached hydrogens (tertiary/aromatic N) is 3. The van der Waals surface area contributed by atoms with Crippen molar-refractivity contribution in [3.63, 3.8) is 0 Å². The molecule has 2 aromatic carbocycles. The molecular formula is C23H30ClN3O. The molecule has 1 aromatic heterocycles. The van der Waals surface area contributed by atoms with Crippen molar-refractivity contribution in [2.75, 3.05) is 0 Å². The van der Waals surface area contributed by atoms with Gasteiger partial charge in [-0.15, -0.1) is 15.0 Å². The summed E-state index contributed by atoms with van der Waals surface area (Å²) in [5.41, 5.74) is 4.04. The second-order valence-corrected chi connectivity index (χ2v) is 9.32. The highest BCUT2D eigenvalue weighted by molar-refractivity contribution is 6.31. The Morgan fingerprint density at radius 2 is 1.64 bits per heavy atom. The van der Waals surface area contributed by atoms with Crippen molar-refractivity contribution in [1.29, 1.82) is 0 Å². The van der Waals surface area contributed by atoms with Gasteiger partial charge in [-0.2, -0.15) is 0 Å². The summed E-state index contributed by atoms with van der Waals surface area (Å²) < 4.78 is 0. The van der Waals surface area contributed by atoms with Crippen LogP contribution in [-0.2, 0) is 10.8 Å². The van der Waals surface area contributed by atoms with Crippen molar-refractivity contribution in [3.05, 3.63) is 46.5 Å². The maximum Gasteiger partial charge on any atom is 0.146 e. The van der Waals surface area contributed by atoms with Gasteiger partial charge in [0.1, 0.15) is 22.5 Å². The number of hydrogen-bond donors (Lipinski definition) is 1. The second kappa shape index (κ2) is 7.40. The summed E-state index contributed by atoms with van der Waals surface area (Å²) in [6.45, 7) is 13.2. The number of phenolic OH excluding ortho intramolecular Hbond substituents is 1. The van der Waals surface area contributed by atoms with E-state index in [1.54, 1.807) is 12.1 Å². The Morgan fingerprint density at radius 1 is 0.964 bits per heavy atom. The predicted octanol–water partition coefficient (Wildman–Crippen LogP) is 6.54. The first-order valence-electron chi connectivity index (χ1n) is 10.00. The number of aromatic hydroxyl groups is 1. The highest BCUT2D eigenvalue weighted by Crippen LogP contribution is 2.42. The van der Waals surface area contributed by atoms with Crippen molar-refractivity contribution < 1.29 is 5.11 Å². The minimum Gasteiger partial charge on any atom is -0.505 e. The predicted molar refractivity (Wildman–Crippen MR) is 117 cm³/mol. The molecule has 1 N–H and O–H groups in total. The molecule has 0 aliphatic rings. The number of benzene rings is 2. The Hall–Kier alpha value is -2.07. The lowest BCUT2D eigenvalue weighted by Gasteiger charge is -2.31.